The van der Waals surface area contributed by atoms with E-state index >= 15 is 0 Å². The van der Waals surface area contributed by atoms with Crippen LogP contribution in [0.3, 0.4) is 0 Å². The number of aliphatic imine (C=N–C) groups is 1. The zero-order valence-electron chi connectivity index (χ0n) is 17.5. The predicted molar refractivity (Wildman–Crippen MR) is 125 cm³/mol. The Morgan fingerprint density at radius 1 is 1.19 bits per heavy atom. The van der Waals surface area contributed by atoms with Crippen LogP contribution in [-0.4, -0.2) is 53.4 Å². The number of thioether (sulfide) groups is 1. The average Bonchev–Trinajstić information content (AvgIpc) is 2.78. The number of nitrogens with one attached hydrogen (secondary N) is 1. The van der Waals surface area contributed by atoms with Gasteiger partial charge in [-0.25, -0.2) is 4.99 Å². The lowest BCUT2D eigenvalue weighted by molar-refractivity contribution is -0.146. The Balaban J connectivity index is 1.81. The van der Waals surface area contributed by atoms with E-state index in [4.69, 9.17) is 21.1 Å². The average molecular weight is 476 g/mol. The molecule has 10 heteroatoms. The minimum Gasteiger partial charge on any atom is -0.497 e. The summed E-state index contributed by atoms with van der Waals surface area (Å²) in [6.45, 7) is 1.61. The summed E-state index contributed by atoms with van der Waals surface area (Å²) in [5, 5.41) is 2.87. The van der Waals surface area contributed by atoms with Gasteiger partial charge in [-0.2, -0.15) is 0 Å². The van der Waals surface area contributed by atoms with Gasteiger partial charge in [-0.3, -0.25) is 19.3 Å². The van der Waals surface area contributed by atoms with Gasteiger partial charge in [-0.15, -0.1) is 0 Å². The summed E-state index contributed by atoms with van der Waals surface area (Å²) >= 11 is 7.05. The van der Waals surface area contributed by atoms with Crippen molar-refractivity contribution in [1.29, 1.82) is 0 Å². The van der Waals surface area contributed by atoms with Gasteiger partial charge in [0.1, 0.15) is 17.5 Å². The molecule has 2 amide bonds. The molecule has 1 atom stereocenters. The SMILES string of the molecule is CCOC(=O)CN1C(=O)C[C@H](C(=O)Nc2ccc(OC)cc2)SC1=Nc1ccc(Cl)cc1. The third kappa shape index (κ3) is 6.24. The molecule has 0 bridgehead atoms. The van der Waals surface area contributed by atoms with Gasteiger partial charge in [-0.05, 0) is 55.5 Å². The predicted octanol–water partition coefficient (Wildman–Crippen LogP) is 3.87. The van der Waals surface area contributed by atoms with Gasteiger partial charge in [0.2, 0.25) is 11.8 Å². The highest BCUT2D eigenvalue weighted by Gasteiger charge is 2.37. The van der Waals surface area contributed by atoms with E-state index in [1.165, 1.54) is 4.90 Å². The quantitative estimate of drug-likeness (QED) is 0.610. The minimum absolute atomic E-state index is 0.0777. The Bertz CT molecular complexity index is 1010. The normalized spacial score (nSPS) is 17.2. The number of esters is 1. The summed E-state index contributed by atoms with van der Waals surface area (Å²) in [4.78, 5) is 43.4. The van der Waals surface area contributed by atoms with Gasteiger partial charge in [0.15, 0.2) is 5.17 Å². The molecule has 3 rings (SSSR count). The fraction of sp³-hybridized carbons (Fsp3) is 0.273. The van der Waals surface area contributed by atoms with Crippen LogP contribution in [0.2, 0.25) is 5.02 Å². The number of ether oxygens (including phenoxy) is 2. The molecule has 1 aliphatic heterocycles. The molecule has 1 N–H and O–H groups in total. The van der Waals surface area contributed by atoms with Gasteiger partial charge in [-0.1, -0.05) is 23.4 Å². The van der Waals surface area contributed by atoms with Crippen molar-refractivity contribution in [3.05, 3.63) is 53.6 Å². The van der Waals surface area contributed by atoms with Crippen molar-refractivity contribution >= 4 is 57.7 Å². The molecule has 1 saturated heterocycles. The first-order valence-corrected chi connectivity index (χ1v) is 11.1. The van der Waals surface area contributed by atoms with Crippen LogP contribution in [0, 0.1) is 0 Å². The molecule has 8 nitrogen and oxygen atoms in total. The van der Waals surface area contributed by atoms with Gasteiger partial charge >= 0.3 is 5.97 Å². The number of hydrogen-bond donors (Lipinski definition) is 1. The highest BCUT2D eigenvalue weighted by Crippen LogP contribution is 2.30. The maximum atomic E-state index is 12.8. The minimum atomic E-state index is -0.714. The van der Waals surface area contributed by atoms with Crippen LogP contribution in [0.5, 0.6) is 5.75 Å². The molecule has 0 aromatic heterocycles. The third-order valence-corrected chi connectivity index (χ3v) is 5.87. The molecular weight excluding hydrogens is 454 g/mol. The number of halogens is 1. The summed E-state index contributed by atoms with van der Waals surface area (Å²) in [7, 11) is 1.56. The second kappa shape index (κ2) is 11.0. The lowest BCUT2D eigenvalue weighted by atomic mass is 10.2. The summed E-state index contributed by atoms with van der Waals surface area (Å²) < 4.78 is 10.1. The number of carbonyl (C=O) groups excluding carboxylic acids is 3. The van der Waals surface area contributed by atoms with Crippen molar-refractivity contribution in [1.82, 2.24) is 4.90 Å². The number of carbonyl (C=O) groups is 3. The van der Waals surface area contributed by atoms with Gasteiger partial charge in [0.05, 0.1) is 19.4 Å². The molecule has 0 aliphatic carbocycles. The lowest BCUT2D eigenvalue weighted by Crippen LogP contribution is -2.47. The first-order chi connectivity index (χ1) is 15.4. The number of hydrogen-bond acceptors (Lipinski definition) is 7. The zero-order valence-corrected chi connectivity index (χ0v) is 19.1. The van der Waals surface area contributed by atoms with Crippen molar-refractivity contribution < 1.29 is 23.9 Å². The number of nitrogens with zero attached hydrogens (tertiary/aromatic N) is 2. The van der Waals surface area contributed by atoms with Crippen LogP contribution >= 0.6 is 23.4 Å². The van der Waals surface area contributed by atoms with Crippen LogP contribution in [-0.2, 0) is 19.1 Å². The molecule has 2 aromatic rings. The van der Waals surface area contributed by atoms with Crippen LogP contribution in [0.15, 0.2) is 53.5 Å². The number of amidine groups is 1. The topological polar surface area (TPSA) is 97.3 Å². The molecule has 1 fully saturated rings. The fourth-order valence-corrected chi connectivity index (χ4v) is 4.08. The second-order valence-corrected chi connectivity index (χ2v) is 8.29. The summed E-state index contributed by atoms with van der Waals surface area (Å²) in [6.07, 6.45) is -0.0777. The summed E-state index contributed by atoms with van der Waals surface area (Å²) in [5.41, 5.74) is 1.11. The van der Waals surface area contributed by atoms with Gasteiger partial charge < -0.3 is 14.8 Å². The van der Waals surface area contributed by atoms with Crippen LogP contribution < -0.4 is 10.1 Å². The molecule has 0 unspecified atom stereocenters. The van der Waals surface area contributed by atoms with E-state index in [-0.39, 0.29) is 36.6 Å². The molecule has 168 valence electrons. The smallest absolute Gasteiger partial charge is 0.326 e. The van der Waals surface area contributed by atoms with E-state index in [2.05, 4.69) is 10.3 Å². The van der Waals surface area contributed by atoms with Crippen LogP contribution in [0.1, 0.15) is 13.3 Å². The van der Waals surface area contributed by atoms with Gasteiger partial charge in [0, 0.05) is 17.1 Å². The zero-order chi connectivity index (χ0) is 23.1. The standard InChI is InChI=1S/C22H22ClN3O5S/c1-3-31-20(28)13-26-19(27)12-18(21(29)24-15-8-10-17(30-2)11-9-15)32-22(26)25-16-6-4-14(23)5-7-16/h4-11,18H,3,12-13H2,1-2H3,(H,24,29)/t18-/m1/s1. The monoisotopic (exact) mass is 475 g/mol. The van der Waals surface area contributed by atoms with Crippen LogP contribution in [0.25, 0.3) is 0 Å². The third-order valence-electron chi connectivity index (χ3n) is 4.43. The van der Waals surface area contributed by atoms with Gasteiger partial charge in [0.25, 0.3) is 0 Å². The van der Waals surface area contributed by atoms with Crippen molar-refractivity contribution in [3.63, 3.8) is 0 Å². The molecule has 0 spiro atoms. The van der Waals surface area contributed by atoms with Crippen LogP contribution in [0.4, 0.5) is 11.4 Å². The molecule has 1 heterocycles. The van der Waals surface area contributed by atoms with E-state index in [0.717, 1.165) is 11.8 Å². The number of methoxy groups -OCH3 is 1. The largest absolute Gasteiger partial charge is 0.497 e. The van der Waals surface area contributed by atoms with Crippen molar-refractivity contribution in [2.75, 3.05) is 25.6 Å². The van der Waals surface area contributed by atoms with E-state index in [9.17, 15) is 14.4 Å². The Labute approximate surface area is 194 Å². The first kappa shape index (κ1) is 23.6. The number of amides is 2. The second-order valence-electron chi connectivity index (χ2n) is 6.68. The Morgan fingerprint density at radius 2 is 1.88 bits per heavy atom. The lowest BCUT2D eigenvalue weighted by Gasteiger charge is -2.31. The molecule has 0 saturated carbocycles. The maximum Gasteiger partial charge on any atom is 0.326 e. The number of rotatable bonds is 7. The van der Waals surface area contributed by atoms with Crippen molar-refractivity contribution in [2.24, 2.45) is 4.99 Å². The van der Waals surface area contributed by atoms with E-state index in [1.807, 2.05) is 0 Å². The number of benzene rings is 2. The summed E-state index contributed by atoms with van der Waals surface area (Å²) in [6, 6.07) is 13.6. The fourth-order valence-electron chi connectivity index (χ4n) is 2.86. The molecule has 2 aromatic carbocycles. The molecule has 1 aliphatic rings. The Morgan fingerprint density at radius 3 is 2.50 bits per heavy atom. The highest BCUT2D eigenvalue weighted by atomic mass is 35.5. The van der Waals surface area contributed by atoms with E-state index in [1.54, 1.807) is 62.6 Å². The molecule has 32 heavy (non-hydrogen) atoms. The van der Waals surface area contributed by atoms with E-state index < -0.39 is 11.2 Å². The van der Waals surface area contributed by atoms with E-state index in [0.29, 0.717) is 22.1 Å². The Hall–Kier alpha value is -3.04. The molecular formula is C22H22ClN3O5S. The summed E-state index contributed by atoms with van der Waals surface area (Å²) in [5.74, 6) is -0.615. The van der Waals surface area contributed by atoms with Crippen molar-refractivity contribution in [3.8, 4) is 5.75 Å². The van der Waals surface area contributed by atoms with Crippen molar-refractivity contribution in [2.45, 2.75) is 18.6 Å². The molecule has 0 radical (unpaired) electrons. The first-order valence-electron chi connectivity index (χ1n) is 9.81. The Kier molecular flexibility index (Phi) is 8.13. The number of anilines is 1. The highest BCUT2D eigenvalue weighted by molar-refractivity contribution is 8.15. The maximum absolute atomic E-state index is 12.8.